The van der Waals surface area contributed by atoms with Crippen LogP contribution in [0.15, 0.2) is 0 Å². The highest BCUT2D eigenvalue weighted by molar-refractivity contribution is 5.03. The molecule has 0 saturated carbocycles. The molecule has 2 N–H and O–H groups in total. The molecule has 0 aromatic heterocycles. The molecule has 0 aromatic rings. The van der Waals surface area contributed by atoms with Crippen molar-refractivity contribution in [3.05, 3.63) is 0 Å². The van der Waals surface area contributed by atoms with Crippen LogP contribution in [0.5, 0.6) is 0 Å². The Balaban J connectivity index is 1.78. The highest BCUT2D eigenvalue weighted by Gasteiger charge is 2.45. The van der Waals surface area contributed by atoms with Gasteiger partial charge in [-0.25, -0.2) is 0 Å². The van der Waals surface area contributed by atoms with Gasteiger partial charge < -0.3 is 10.6 Å². The van der Waals surface area contributed by atoms with Crippen LogP contribution in [0.4, 0.5) is 0 Å². The lowest BCUT2D eigenvalue weighted by Gasteiger charge is -2.55. The van der Waals surface area contributed by atoms with Crippen LogP contribution in [0.25, 0.3) is 0 Å². The molecule has 0 spiro atoms. The third-order valence-electron chi connectivity index (χ3n) is 5.67. The van der Waals surface area contributed by atoms with Crippen molar-refractivity contribution < 1.29 is 0 Å². The van der Waals surface area contributed by atoms with Crippen molar-refractivity contribution in [1.29, 1.82) is 0 Å². The van der Waals surface area contributed by atoms with Crippen LogP contribution in [0, 0.1) is 0 Å². The normalized spacial score (nSPS) is 42.5. The second kappa shape index (κ2) is 5.32. The Kier molecular flexibility index (Phi) is 3.87. The zero-order valence-electron chi connectivity index (χ0n) is 12.6. The highest BCUT2D eigenvalue weighted by Crippen LogP contribution is 2.33. The molecule has 0 aromatic carbocycles. The van der Waals surface area contributed by atoms with Crippen molar-refractivity contribution in [1.82, 2.24) is 14.7 Å². The minimum atomic E-state index is 0.237. The van der Waals surface area contributed by atoms with E-state index in [1.165, 1.54) is 51.9 Å². The molecule has 4 heteroatoms. The summed E-state index contributed by atoms with van der Waals surface area (Å²) in [5.41, 5.74) is 6.49. The fourth-order valence-corrected chi connectivity index (χ4v) is 4.71. The minimum Gasteiger partial charge on any atom is -0.329 e. The summed E-state index contributed by atoms with van der Waals surface area (Å²) in [7, 11) is 2.25. The molecule has 3 saturated heterocycles. The van der Waals surface area contributed by atoms with Crippen LogP contribution >= 0.6 is 0 Å². The predicted molar refractivity (Wildman–Crippen MR) is 79.3 cm³/mol. The smallest absolute Gasteiger partial charge is 0.0462 e. The molecule has 110 valence electrons. The lowest BCUT2D eigenvalue weighted by Crippen LogP contribution is -2.69. The molecule has 4 nitrogen and oxygen atoms in total. The molecular weight excluding hydrogens is 236 g/mol. The van der Waals surface area contributed by atoms with Gasteiger partial charge in [0.1, 0.15) is 0 Å². The Morgan fingerprint density at radius 3 is 2.79 bits per heavy atom. The standard InChI is InChI=1S/C15H30N4/c1-13-9-18-8-3-5-14(18)10-19(13)15(11-16)6-4-7-17(2)12-15/h13-14H,3-12,16H2,1-2H3. The number of fused-ring (bicyclic) bond motifs is 1. The van der Waals surface area contributed by atoms with Crippen molar-refractivity contribution in [2.24, 2.45) is 5.73 Å². The number of likely N-dealkylation sites (N-methyl/N-ethyl adjacent to an activating group) is 1. The van der Waals surface area contributed by atoms with E-state index >= 15 is 0 Å². The van der Waals surface area contributed by atoms with Crippen molar-refractivity contribution in [3.63, 3.8) is 0 Å². The summed E-state index contributed by atoms with van der Waals surface area (Å²) in [4.78, 5) is 7.96. The summed E-state index contributed by atoms with van der Waals surface area (Å²) >= 11 is 0. The van der Waals surface area contributed by atoms with Gasteiger partial charge in [-0.2, -0.15) is 0 Å². The quantitative estimate of drug-likeness (QED) is 0.793. The number of hydrogen-bond acceptors (Lipinski definition) is 4. The van der Waals surface area contributed by atoms with E-state index in [4.69, 9.17) is 5.73 Å². The summed E-state index contributed by atoms with van der Waals surface area (Å²) in [5.74, 6) is 0. The topological polar surface area (TPSA) is 35.7 Å². The number of piperazine rings is 1. The summed E-state index contributed by atoms with van der Waals surface area (Å²) in [6.45, 7) is 9.41. The van der Waals surface area contributed by atoms with E-state index in [-0.39, 0.29) is 5.54 Å². The molecule has 3 unspecified atom stereocenters. The van der Waals surface area contributed by atoms with Gasteiger partial charge in [0.2, 0.25) is 0 Å². The zero-order valence-corrected chi connectivity index (χ0v) is 12.6. The molecule has 3 heterocycles. The van der Waals surface area contributed by atoms with Crippen LogP contribution in [0.3, 0.4) is 0 Å². The SMILES string of the molecule is CC1CN2CCCC2CN1C1(CN)CCCN(C)C1. The third-order valence-corrected chi connectivity index (χ3v) is 5.67. The van der Waals surface area contributed by atoms with Gasteiger partial charge in [0.25, 0.3) is 0 Å². The fourth-order valence-electron chi connectivity index (χ4n) is 4.71. The van der Waals surface area contributed by atoms with Gasteiger partial charge in [-0.05, 0) is 52.7 Å². The van der Waals surface area contributed by atoms with Gasteiger partial charge in [0.05, 0.1) is 0 Å². The van der Waals surface area contributed by atoms with E-state index in [0.29, 0.717) is 6.04 Å². The maximum absolute atomic E-state index is 6.25. The zero-order chi connectivity index (χ0) is 13.5. The van der Waals surface area contributed by atoms with Crippen LogP contribution in [0.1, 0.15) is 32.6 Å². The first-order valence-corrected chi connectivity index (χ1v) is 8.04. The van der Waals surface area contributed by atoms with E-state index in [2.05, 4.69) is 28.7 Å². The Bertz CT molecular complexity index is 321. The molecule has 3 aliphatic heterocycles. The molecule has 0 amide bonds. The number of piperidine rings is 1. The largest absolute Gasteiger partial charge is 0.329 e. The predicted octanol–water partition coefficient (Wildman–Crippen LogP) is 0.578. The first kappa shape index (κ1) is 13.8. The fraction of sp³-hybridized carbons (Fsp3) is 1.00. The Hall–Kier alpha value is -0.160. The minimum absolute atomic E-state index is 0.237. The molecule has 0 radical (unpaired) electrons. The second-order valence-electron chi connectivity index (χ2n) is 7.06. The lowest BCUT2D eigenvalue weighted by atomic mass is 9.84. The first-order valence-electron chi connectivity index (χ1n) is 8.04. The van der Waals surface area contributed by atoms with Crippen molar-refractivity contribution in [2.45, 2.75) is 50.2 Å². The van der Waals surface area contributed by atoms with Gasteiger partial charge in [-0.1, -0.05) is 0 Å². The van der Waals surface area contributed by atoms with E-state index < -0.39 is 0 Å². The van der Waals surface area contributed by atoms with Crippen LogP contribution < -0.4 is 5.73 Å². The molecular formula is C15H30N4. The van der Waals surface area contributed by atoms with Crippen molar-refractivity contribution >= 4 is 0 Å². The van der Waals surface area contributed by atoms with Gasteiger partial charge in [0.15, 0.2) is 0 Å². The van der Waals surface area contributed by atoms with Gasteiger partial charge >= 0.3 is 0 Å². The summed E-state index contributed by atoms with van der Waals surface area (Å²) < 4.78 is 0. The maximum Gasteiger partial charge on any atom is 0.0462 e. The molecule has 3 fully saturated rings. The molecule has 3 rings (SSSR count). The second-order valence-corrected chi connectivity index (χ2v) is 7.06. The van der Waals surface area contributed by atoms with E-state index in [1.54, 1.807) is 0 Å². The number of likely N-dealkylation sites (tertiary alicyclic amines) is 1. The van der Waals surface area contributed by atoms with Crippen LogP contribution in [0.2, 0.25) is 0 Å². The van der Waals surface area contributed by atoms with Crippen LogP contribution in [-0.4, -0.2) is 78.6 Å². The van der Waals surface area contributed by atoms with Gasteiger partial charge in [-0.3, -0.25) is 9.80 Å². The van der Waals surface area contributed by atoms with E-state index in [9.17, 15) is 0 Å². The molecule has 3 aliphatic rings. The Morgan fingerprint density at radius 2 is 2.05 bits per heavy atom. The number of nitrogens with zero attached hydrogens (tertiary/aromatic N) is 3. The van der Waals surface area contributed by atoms with Gasteiger partial charge in [0, 0.05) is 43.8 Å². The maximum atomic E-state index is 6.25. The molecule has 0 aliphatic carbocycles. The summed E-state index contributed by atoms with van der Waals surface area (Å²) in [5, 5.41) is 0. The Labute approximate surface area is 117 Å². The van der Waals surface area contributed by atoms with E-state index in [0.717, 1.165) is 19.1 Å². The Morgan fingerprint density at radius 1 is 1.21 bits per heavy atom. The number of nitrogens with two attached hydrogens (primary N) is 1. The monoisotopic (exact) mass is 266 g/mol. The third kappa shape index (κ3) is 2.44. The molecule has 3 atom stereocenters. The van der Waals surface area contributed by atoms with Gasteiger partial charge in [-0.15, -0.1) is 0 Å². The number of hydrogen-bond donors (Lipinski definition) is 1. The highest BCUT2D eigenvalue weighted by atomic mass is 15.4. The molecule has 19 heavy (non-hydrogen) atoms. The van der Waals surface area contributed by atoms with Crippen LogP contribution in [-0.2, 0) is 0 Å². The molecule has 0 bridgehead atoms. The van der Waals surface area contributed by atoms with E-state index in [1.807, 2.05) is 0 Å². The average molecular weight is 266 g/mol. The average Bonchev–Trinajstić information content (AvgIpc) is 2.84. The van der Waals surface area contributed by atoms with Crippen molar-refractivity contribution in [3.8, 4) is 0 Å². The first-order chi connectivity index (χ1) is 9.14. The summed E-state index contributed by atoms with van der Waals surface area (Å²) in [6.07, 6.45) is 5.36. The number of rotatable bonds is 2. The lowest BCUT2D eigenvalue weighted by molar-refractivity contribution is -0.0502. The summed E-state index contributed by atoms with van der Waals surface area (Å²) in [6, 6.07) is 1.45. The van der Waals surface area contributed by atoms with Crippen molar-refractivity contribution in [2.75, 3.05) is 46.3 Å².